The molecule has 0 aliphatic carbocycles. The quantitative estimate of drug-likeness (QED) is 0.403. The van der Waals surface area contributed by atoms with Crippen molar-refractivity contribution in [3.63, 3.8) is 0 Å². The van der Waals surface area contributed by atoms with Crippen LogP contribution in [-0.2, 0) is 27.4 Å². The minimum atomic E-state index is -4.83. The maximum atomic E-state index is 14.1. The lowest BCUT2D eigenvalue weighted by Gasteiger charge is -2.24. The molecule has 11 heteroatoms. The number of rotatable bonds is 4. The van der Waals surface area contributed by atoms with Gasteiger partial charge in [0.1, 0.15) is 17.4 Å². The fourth-order valence-electron chi connectivity index (χ4n) is 4.13. The number of aromatic nitrogens is 2. The Balaban J connectivity index is 1.86. The molecule has 0 atom stereocenters. The summed E-state index contributed by atoms with van der Waals surface area (Å²) in [6.45, 7) is -0.719. The molecule has 0 saturated carbocycles. The second-order valence-electron chi connectivity index (χ2n) is 9.08. The van der Waals surface area contributed by atoms with Crippen molar-refractivity contribution < 1.29 is 31.9 Å². The van der Waals surface area contributed by atoms with Crippen LogP contribution in [0.3, 0.4) is 0 Å². The molecule has 0 spiro atoms. The van der Waals surface area contributed by atoms with Crippen LogP contribution in [0.2, 0.25) is 0 Å². The van der Waals surface area contributed by atoms with Crippen LogP contribution >= 0.6 is 0 Å². The van der Waals surface area contributed by atoms with Crippen LogP contribution in [0.5, 0.6) is 0 Å². The predicted octanol–water partition coefficient (Wildman–Crippen LogP) is 6.26. The van der Waals surface area contributed by atoms with Gasteiger partial charge in [-0.2, -0.15) is 21.6 Å². The Morgan fingerprint density at radius 2 is 1.87 bits per heavy atom. The highest BCUT2D eigenvalue weighted by Crippen LogP contribution is 2.38. The minimum Gasteiger partial charge on any atom is -0.357 e. The van der Waals surface area contributed by atoms with E-state index in [0.717, 1.165) is 18.2 Å². The van der Waals surface area contributed by atoms with E-state index in [9.17, 15) is 26.4 Å². The number of ketones is 1. The number of halogens is 3. The molecule has 0 saturated heterocycles. The van der Waals surface area contributed by atoms with Gasteiger partial charge in [0.25, 0.3) is 10.0 Å². The zero-order chi connectivity index (χ0) is 31.6. The second kappa shape index (κ2) is 12.1. The zero-order valence-corrected chi connectivity index (χ0v) is 22.1. The zero-order valence-electron chi connectivity index (χ0n) is 25.3. The number of aryl methyl sites for hydroxylation is 1. The maximum absolute atomic E-state index is 14.1. The molecule has 0 radical (unpaired) electrons. The lowest BCUT2D eigenvalue weighted by molar-refractivity contribution is -0.137. The van der Waals surface area contributed by atoms with Crippen LogP contribution in [0.25, 0.3) is 11.3 Å². The van der Waals surface area contributed by atoms with Crippen LogP contribution in [0.15, 0.2) is 59.6 Å². The SMILES string of the molecule is [2H]C1([2H])CCCCN(C([2H])([2H])CCC(C)=O)c2cccc(n2)S(=O)(=O)Nc2ccc(C(F)(F)F)c(n2)-c2ccccc2C1. The first-order chi connectivity index (χ1) is 20.0. The maximum Gasteiger partial charge on any atom is 0.418 e. The van der Waals surface area contributed by atoms with Crippen molar-refractivity contribution in [1.29, 1.82) is 0 Å². The standard InChI is InChI=1S/C28H31F3N4O3S/c1-20(36)10-9-19-35-18-7-3-2-4-11-21-12-5-6-13-22(21)27-23(28(29,30)31)16-17-24(32-27)34-39(37,38)26-15-8-14-25(35)33-26/h5-6,8,12-17H,2-4,7,9-11,18-19H2,1H3,(H,32,34)/i4D2,19D2. The summed E-state index contributed by atoms with van der Waals surface area (Å²) in [5.41, 5.74) is -1.36. The number of sulfonamides is 1. The van der Waals surface area contributed by atoms with Crippen molar-refractivity contribution in [3.05, 3.63) is 65.7 Å². The number of carbonyl (C=O) groups is 1. The van der Waals surface area contributed by atoms with Gasteiger partial charge in [0.2, 0.25) is 0 Å². The first-order valence-electron chi connectivity index (χ1n) is 14.4. The third-order valence-corrected chi connectivity index (χ3v) is 7.31. The van der Waals surface area contributed by atoms with E-state index in [1.165, 1.54) is 42.2 Å². The molecule has 0 fully saturated rings. The fraction of sp³-hybridized carbons (Fsp3) is 0.393. The number of benzene rings is 1. The summed E-state index contributed by atoms with van der Waals surface area (Å²) in [5, 5.41) is -0.512. The van der Waals surface area contributed by atoms with Crippen LogP contribution in [0.4, 0.5) is 24.8 Å². The summed E-state index contributed by atoms with van der Waals surface area (Å²) < 4.78 is 106. The van der Waals surface area contributed by atoms with E-state index in [1.54, 1.807) is 6.07 Å². The number of nitrogens with zero attached hydrogens (tertiary/aromatic N) is 3. The number of carbonyl (C=O) groups excluding carboxylic acids is 1. The third-order valence-electron chi connectivity index (χ3n) is 6.05. The van der Waals surface area contributed by atoms with Gasteiger partial charge in [-0.1, -0.05) is 43.2 Å². The Labute approximate surface area is 232 Å². The number of hydrogen-bond acceptors (Lipinski definition) is 6. The highest BCUT2D eigenvalue weighted by Gasteiger charge is 2.35. The minimum absolute atomic E-state index is 0.0222. The first kappa shape index (κ1) is 23.4. The Bertz CT molecular complexity index is 1600. The number of fused-ring (bicyclic) bond motifs is 6. The summed E-state index contributed by atoms with van der Waals surface area (Å²) in [5.74, 6) is -0.664. The second-order valence-corrected chi connectivity index (χ2v) is 10.7. The average molecular weight is 565 g/mol. The molecule has 0 unspecified atom stereocenters. The van der Waals surface area contributed by atoms with Crippen molar-refractivity contribution in [1.82, 2.24) is 9.97 Å². The van der Waals surface area contributed by atoms with E-state index >= 15 is 0 Å². The van der Waals surface area contributed by atoms with E-state index in [1.807, 2.05) is 0 Å². The van der Waals surface area contributed by atoms with Gasteiger partial charge in [0, 0.05) is 30.5 Å². The van der Waals surface area contributed by atoms with E-state index in [-0.39, 0.29) is 67.8 Å². The largest absolute Gasteiger partial charge is 0.418 e. The predicted molar refractivity (Wildman–Crippen MR) is 144 cm³/mol. The normalized spacial score (nSPS) is 19.2. The van der Waals surface area contributed by atoms with Crippen molar-refractivity contribution in [2.75, 3.05) is 22.7 Å². The van der Waals surface area contributed by atoms with Gasteiger partial charge in [-0.05, 0) is 62.4 Å². The monoisotopic (exact) mass is 564 g/mol. The van der Waals surface area contributed by atoms with Gasteiger partial charge in [0.15, 0.2) is 5.03 Å². The number of nitrogens with one attached hydrogen (secondary N) is 1. The molecule has 1 aromatic carbocycles. The van der Waals surface area contributed by atoms with Gasteiger partial charge in [-0.3, -0.25) is 4.72 Å². The van der Waals surface area contributed by atoms with Gasteiger partial charge < -0.3 is 9.69 Å². The van der Waals surface area contributed by atoms with E-state index in [4.69, 9.17) is 5.48 Å². The number of Topliss-reactive ketones (excluding diaryl/α,β-unsaturated/α-hetero) is 1. The van der Waals surface area contributed by atoms with E-state index in [2.05, 4.69) is 14.7 Å². The molecule has 0 amide bonds. The average Bonchev–Trinajstić information content (AvgIpc) is 2.90. The summed E-state index contributed by atoms with van der Waals surface area (Å²) in [7, 11) is -4.50. The number of alkyl halides is 3. The van der Waals surface area contributed by atoms with Gasteiger partial charge >= 0.3 is 6.18 Å². The third kappa shape index (κ3) is 7.35. The molecule has 1 N–H and O–H groups in total. The summed E-state index contributed by atoms with van der Waals surface area (Å²) >= 11 is 0. The van der Waals surface area contributed by atoms with Crippen molar-refractivity contribution in [3.8, 4) is 11.3 Å². The Hall–Kier alpha value is -3.47. The highest BCUT2D eigenvalue weighted by atomic mass is 32.2. The number of hydrogen-bond donors (Lipinski definition) is 1. The molecule has 2 aromatic heterocycles. The van der Waals surface area contributed by atoms with Crippen LogP contribution in [0, 0.1) is 0 Å². The Morgan fingerprint density at radius 3 is 2.64 bits per heavy atom. The van der Waals surface area contributed by atoms with E-state index < -0.39 is 51.2 Å². The lowest BCUT2D eigenvalue weighted by Crippen LogP contribution is -2.28. The molecule has 1 aliphatic rings. The molecule has 39 heavy (non-hydrogen) atoms. The van der Waals surface area contributed by atoms with Crippen LogP contribution < -0.4 is 9.62 Å². The molecule has 208 valence electrons. The lowest BCUT2D eigenvalue weighted by atomic mass is 9.96. The van der Waals surface area contributed by atoms with Gasteiger partial charge in [-0.15, -0.1) is 0 Å². The molecule has 3 aromatic rings. The first-order valence-corrected chi connectivity index (χ1v) is 13.9. The van der Waals surface area contributed by atoms with Crippen LogP contribution in [0.1, 0.15) is 62.0 Å². The van der Waals surface area contributed by atoms with Crippen molar-refractivity contribution in [2.45, 2.75) is 63.0 Å². The van der Waals surface area contributed by atoms with Gasteiger partial charge in [0.05, 0.1) is 11.3 Å². The topological polar surface area (TPSA) is 92.3 Å². The molecule has 3 heterocycles. The van der Waals surface area contributed by atoms with E-state index in [0.29, 0.717) is 0 Å². The number of pyridine rings is 2. The van der Waals surface area contributed by atoms with Crippen LogP contribution in [-0.4, -0.2) is 37.2 Å². The smallest absolute Gasteiger partial charge is 0.357 e. The van der Waals surface area contributed by atoms with Gasteiger partial charge in [-0.25, -0.2) is 9.97 Å². The molecule has 4 rings (SSSR count). The summed E-state index contributed by atoms with van der Waals surface area (Å²) in [6.07, 6.45) is -6.54. The number of anilines is 2. The molecule has 1 aliphatic heterocycles. The van der Waals surface area contributed by atoms with Crippen molar-refractivity contribution >= 4 is 27.4 Å². The molecule has 4 bridgehead atoms. The summed E-state index contributed by atoms with van der Waals surface area (Å²) in [4.78, 5) is 21.1. The summed E-state index contributed by atoms with van der Waals surface area (Å²) in [6, 6.07) is 11.5. The molecular weight excluding hydrogens is 529 g/mol. The highest BCUT2D eigenvalue weighted by molar-refractivity contribution is 7.92. The Kier molecular flexibility index (Phi) is 7.30. The molecule has 7 nitrogen and oxygen atoms in total. The van der Waals surface area contributed by atoms with Crippen molar-refractivity contribution in [2.24, 2.45) is 0 Å². The Morgan fingerprint density at radius 1 is 1.08 bits per heavy atom. The molecular formula is C28H31F3N4O3S. The fourth-order valence-corrected chi connectivity index (χ4v) is 5.10.